The number of benzene rings is 2. The first-order valence-electron chi connectivity index (χ1n) is 7.76. The molecule has 5 nitrogen and oxygen atoms in total. The molecule has 0 saturated heterocycles. The molecule has 24 heavy (non-hydrogen) atoms. The van der Waals surface area contributed by atoms with Gasteiger partial charge in [0.25, 0.3) is 0 Å². The van der Waals surface area contributed by atoms with Gasteiger partial charge in [0.05, 0.1) is 37.3 Å². The molecule has 0 amide bonds. The third kappa shape index (κ3) is 3.35. The Bertz CT molecular complexity index is 771. The number of methoxy groups -OCH3 is 2. The van der Waals surface area contributed by atoms with Crippen LogP contribution in [0.1, 0.15) is 6.42 Å². The van der Waals surface area contributed by atoms with Crippen molar-refractivity contribution in [3.63, 3.8) is 0 Å². The monoisotopic (exact) mass is 324 g/mol. The molecular weight excluding hydrogens is 304 g/mol. The Hall–Kier alpha value is -2.95. The lowest BCUT2D eigenvalue weighted by molar-refractivity contribution is -0.114. The van der Waals surface area contributed by atoms with Crippen molar-refractivity contribution in [1.82, 2.24) is 0 Å². The molecule has 0 bridgehead atoms. The molecule has 0 fully saturated rings. The first kappa shape index (κ1) is 15.9. The number of carbonyl (C=O) groups excluding carboxylic acids is 1. The van der Waals surface area contributed by atoms with Crippen LogP contribution in [0.3, 0.4) is 0 Å². The number of carbonyl (C=O) groups is 1. The van der Waals surface area contributed by atoms with Crippen LogP contribution in [-0.2, 0) is 4.79 Å². The average Bonchev–Trinajstić information content (AvgIpc) is 2.95. The van der Waals surface area contributed by atoms with Crippen LogP contribution in [-0.4, -0.2) is 26.0 Å². The van der Waals surface area contributed by atoms with Gasteiger partial charge in [0.2, 0.25) is 0 Å². The van der Waals surface area contributed by atoms with E-state index in [1.807, 2.05) is 54.6 Å². The normalized spacial score (nSPS) is 16.5. The lowest BCUT2D eigenvalue weighted by Crippen LogP contribution is -2.16. The van der Waals surface area contributed by atoms with Crippen molar-refractivity contribution in [2.24, 2.45) is 0 Å². The second kappa shape index (κ2) is 7.08. The number of nitrogens with one attached hydrogen (secondary N) is 2. The van der Waals surface area contributed by atoms with Crippen LogP contribution in [0, 0.1) is 0 Å². The van der Waals surface area contributed by atoms with Gasteiger partial charge in [0, 0.05) is 6.42 Å². The van der Waals surface area contributed by atoms with Crippen LogP contribution in [0.5, 0.6) is 11.5 Å². The molecule has 0 saturated carbocycles. The molecule has 124 valence electrons. The van der Waals surface area contributed by atoms with E-state index in [0.717, 1.165) is 17.1 Å². The minimum atomic E-state index is -0.0778. The third-order valence-electron chi connectivity index (χ3n) is 3.90. The molecule has 2 aromatic carbocycles. The van der Waals surface area contributed by atoms with Crippen molar-refractivity contribution in [3.8, 4) is 11.5 Å². The van der Waals surface area contributed by atoms with Crippen LogP contribution < -0.4 is 20.1 Å². The van der Waals surface area contributed by atoms with Gasteiger partial charge in [0.1, 0.15) is 11.5 Å². The van der Waals surface area contributed by atoms with Gasteiger partial charge in [-0.2, -0.15) is 0 Å². The Labute approximate surface area is 141 Å². The van der Waals surface area contributed by atoms with Crippen LogP contribution in [0.4, 0.5) is 11.4 Å². The van der Waals surface area contributed by atoms with E-state index in [1.54, 1.807) is 14.2 Å². The minimum Gasteiger partial charge on any atom is -0.495 e. The molecule has 0 heterocycles. The number of ketones is 1. The standard InChI is InChI=1S/C19H20N2O3/c1-23-18-9-5-3-7-14(18)20-13-11-16(17(22)12-13)21-15-8-4-6-10-19(15)24-2/h3-11,13,20-21H,12H2,1-2H3. The van der Waals surface area contributed by atoms with Gasteiger partial charge in [0.15, 0.2) is 5.78 Å². The van der Waals surface area contributed by atoms with Gasteiger partial charge in [-0.05, 0) is 30.3 Å². The fraction of sp³-hybridized carbons (Fsp3) is 0.211. The molecule has 2 aromatic rings. The summed E-state index contributed by atoms with van der Waals surface area (Å²) in [7, 11) is 3.24. The van der Waals surface area contributed by atoms with E-state index in [2.05, 4.69) is 10.6 Å². The second-order valence-corrected chi connectivity index (χ2v) is 5.48. The number of allylic oxidation sites excluding steroid dienone is 1. The molecule has 2 N–H and O–H groups in total. The molecule has 5 heteroatoms. The zero-order valence-electron chi connectivity index (χ0n) is 13.7. The molecule has 3 rings (SSSR count). The van der Waals surface area contributed by atoms with Gasteiger partial charge in [-0.3, -0.25) is 4.79 Å². The van der Waals surface area contributed by atoms with E-state index in [4.69, 9.17) is 9.47 Å². The van der Waals surface area contributed by atoms with Gasteiger partial charge in [-0.1, -0.05) is 24.3 Å². The summed E-state index contributed by atoms with van der Waals surface area (Å²) in [6.07, 6.45) is 2.30. The smallest absolute Gasteiger partial charge is 0.181 e. The summed E-state index contributed by atoms with van der Waals surface area (Å²) in [5, 5.41) is 6.51. The summed E-state index contributed by atoms with van der Waals surface area (Å²) in [6, 6.07) is 15.1. The quantitative estimate of drug-likeness (QED) is 0.852. The molecular formula is C19H20N2O3. The maximum atomic E-state index is 12.3. The average molecular weight is 324 g/mol. The van der Waals surface area contributed by atoms with Crippen molar-refractivity contribution >= 4 is 17.2 Å². The van der Waals surface area contributed by atoms with Crippen molar-refractivity contribution < 1.29 is 14.3 Å². The first-order chi connectivity index (χ1) is 11.7. The van der Waals surface area contributed by atoms with Crippen LogP contribution in [0.25, 0.3) is 0 Å². The predicted molar refractivity (Wildman–Crippen MR) is 94.7 cm³/mol. The van der Waals surface area contributed by atoms with Crippen molar-refractivity contribution in [2.75, 3.05) is 24.9 Å². The Balaban J connectivity index is 1.76. The number of hydrogen-bond donors (Lipinski definition) is 2. The molecule has 1 aliphatic rings. The van der Waals surface area contributed by atoms with E-state index in [1.165, 1.54) is 0 Å². The largest absolute Gasteiger partial charge is 0.495 e. The summed E-state index contributed by atoms with van der Waals surface area (Å²) in [6.45, 7) is 0. The summed E-state index contributed by atoms with van der Waals surface area (Å²) < 4.78 is 10.6. The topological polar surface area (TPSA) is 59.6 Å². The molecule has 1 unspecified atom stereocenters. The maximum absolute atomic E-state index is 12.3. The SMILES string of the molecule is COc1ccccc1NC1=CC(Nc2ccccc2OC)CC1=O. The van der Waals surface area contributed by atoms with Crippen LogP contribution >= 0.6 is 0 Å². The summed E-state index contributed by atoms with van der Waals surface area (Å²) >= 11 is 0. The zero-order chi connectivity index (χ0) is 16.9. The third-order valence-corrected chi connectivity index (χ3v) is 3.90. The number of anilines is 2. The molecule has 0 aliphatic heterocycles. The Morgan fingerprint density at radius 3 is 2.17 bits per heavy atom. The van der Waals surface area contributed by atoms with Gasteiger partial charge in [-0.15, -0.1) is 0 Å². The summed E-state index contributed by atoms with van der Waals surface area (Å²) in [5.41, 5.74) is 2.22. The van der Waals surface area contributed by atoms with E-state index < -0.39 is 0 Å². The highest BCUT2D eigenvalue weighted by Crippen LogP contribution is 2.29. The minimum absolute atomic E-state index is 0.0632. The highest BCUT2D eigenvalue weighted by atomic mass is 16.5. The fourth-order valence-electron chi connectivity index (χ4n) is 2.72. The molecule has 0 spiro atoms. The fourth-order valence-corrected chi connectivity index (χ4v) is 2.72. The van der Waals surface area contributed by atoms with Crippen molar-refractivity contribution in [1.29, 1.82) is 0 Å². The summed E-state index contributed by atoms with van der Waals surface area (Å²) in [5.74, 6) is 1.52. The molecule has 0 radical (unpaired) electrons. The number of hydrogen-bond acceptors (Lipinski definition) is 5. The number of Topliss-reactive ketones (excluding diaryl/α,β-unsaturated/α-hetero) is 1. The summed E-state index contributed by atoms with van der Waals surface area (Å²) in [4.78, 5) is 12.3. The van der Waals surface area contributed by atoms with E-state index in [-0.39, 0.29) is 11.8 Å². The predicted octanol–water partition coefficient (Wildman–Crippen LogP) is 3.45. The van der Waals surface area contributed by atoms with E-state index in [9.17, 15) is 4.79 Å². The van der Waals surface area contributed by atoms with E-state index >= 15 is 0 Å². The van der Waals surface area contributed by atoms with Gasteiger partial charge < -0.3 is 20.1 Å². The number of rotatable bonds is 6. The van der Waals surface area contributed by atoms with Crippen molar-refractivity contribution in [2.45, 2.75) is 12.5 Å². The van der Waals surface area contributed by atoms with Gasteiger partial charge >= 0.3 is 0 Å². The highest BCUT2D eigenvalue weighted by Gasteiger charge is 2.25. The number of para-hydroxylation sites is 4. The van der Waals surface area contributed by atoms with Crippen LogP contribution in [0.2, 0.25) is 0 Å². The lowest BCUT2D eigenvalue weighted by atomic mass is 10.2. The zero-order valence-corrected chi connectivity index (χ0v) is 13.7. The molecule has 1 aliphatic carbocycles. The molecule has 1 atom stereocenters. The number of ether oxygens (including phenoxy) is 2. The molecule has 0 aromatic heterocycles. The maximum Gasteiger partial charge on any atom is 0.181 e. The van der Waals surface area contributed by atoms with Gasteiger partial charge in [-0.25, -0.2) is 0 Å². The van der Waals surface area contributed by atoms with E-state index in [0.29, 0.717) is 17.9 Å². The Morgan fingerprint density at radius 1 is 0.917 bits per heavy atom. The lowest BCUT2D eigenvalue weighted by Gasteiger charge is -2.14. The Kier molecular flexibility index (Phi) is 4.70. The second-order valence-electron chi connectivity index (χ2n) is 5.48. The highest BCUT2D eigenvalue weighted by molar-refractivity contribution is 6.01. The van der Waals surface area contributed by atoms with Crippen LogP contribution in [0.15, 0.2) is 60.3 Å². The first-order valence-corrected chi connectivity index (χ1v) is 7.76. The Morgan fingerprint density at radius 2 is 1.50 bits per heavy atom. The van der Waals surface area contributed by atoms with Crippen molar-refractivity contribution in [3.05, 3.63) is 60.3 Å².